The fourth-order valence-electron chi connectivity index (χ4n) is 2.93. The Balaban J connectivity index is 1.54. The molecule has 0 aliphatic rings. The number of nitrogens with zero attached hydrogens (tertiary/aromatic N) is 2. The van der Waals surface area contributed by atoms with Crippen molar-refractivity contribution in [2.75, 3.05) is 5.75 Å². The largest absolute Gasteiger partial charge is 0.334 e. The number of imidazole rings is 1. The lowest BCUT2D eigenvalue weighted by Crippen LogP contribution is -2.39. The average molecular weight is 462 g/mol. The molecule has 31 heavy (non-hydrogen) atoms. The van der Waals surface area contributed by atoms with Crippen LogP contribution in [0.2, 0.25) is 0 Å². The lowest BCUT2D eigenvalue weighted by molar-refractivity contribution is -0.119. The van der Waals surface area contributed by atoms with Gasteiger partial charge in [-0.15, -0.1) is 0 Å². The molecule has 164 valence electrons. The molecule has 0 radical (unpaired) electrons. The molecule has 3 amide bonds. The smallest absolute Gasteiger partial charge is 0.321 e. The van der Waals surface area contributed by atoms with Crippen molar-refractivity contribution in [3.05, 3.63) is 54.1 Å². The van der Waals surface area contributed by atoms with Crippen molar-refractivity contribution in [3.63, 3.8) is 0 Å². The van der Waals surface area contributed by atoms with Gasteiger partial charge in [-0.25, -0.2) is 23.3 Å². The number of imide groups is 1. The maximum Gasteiger partial charge on any atom is 0.321 e. The molecule has 0 spiro atoms. The van der Waals surface area contributed by atoms with Gasteiger partial charge in [-0.2, -0.15) is 0 Å². The lowest BCUT2D eigenvalue weighted by atomic mass is 10.2. The summed E-state index contributed by atoms with van der Waals surface area (Å²) in [6.45, 7) is 2.90. The molecule has 11 heteroatoms. The Labute approximate surface area is 184 Å². The number of nitrogens with one attached hydrogen (secondary N) is 2. The number of hydrogen-bond donors (Lipinski definition) is 3. The normalized spacial score (nSPS) is 11.4. The van der Waals surface area contributed by atoms with E-state index in [9.17, 15) is 18.0 Å². The van der Waals surface area contributed by atoms with Gasteiger partial charge in [0, 0.05) is 25.3 Å². The van der Waals surface area contributed by atoms with Gasteiger partial charge in [0.15, 0.2) is 5.16 Å². The summed E-state index contributed by atoms with van der Waals surface area (Å²) in [5, 5.41) is 10.8. The molecule has 3 rings (SSSR count). The van der Waals surface area contributed by atoms with E-state index in [2.05, 4.69) is 15.6 Å². The molecular formula is C20H23N5O4S2. The third-order valence-corrected chi connectivity index (χ3v) is 6.33. The number of amides is 3. The van der Waals surface area contributed by atoms with E-state index in [0.29, 0.717) is 29.5 Å². The first-order valence-electron chi connectivity index (χ1n) is 9.55. The number of rotatable bonds is 8. The summed E-state index contributed by atoms with van der Waals surface area (Å²) in [4.78, 5) is 28.4. The number of carbonyl (C=O) groups is 2. The number of nitrogens with two attached hydrogens (primary N) is 1. The second-order valence-corrected chi connectivity index (χ2v) is 9.27. The molecule has 0 saturated carbocycles. The molecule has 9 nitrogen and oxygen atoms in total. The summed E-state index contributed by atoms with van der Waals surface area (Å²) in [7, 11) is -3.81. The van der Waals surface area contributed by atoms with Gasteiger partial charge in [0.1, 0.15) is 0 Å². The Morgan fingerprint density at radius 2 is 1.90 bits per heavy atom. The van der Waals surface area contributed by atoms with Crippen molar-refractivity contribution in [1.29, 1.82) is 0 Å². The number of hydrogen-bond acceptors (Lipinski definition) is 6. The zero-order chi connectivity index (χ0) is 22.4. The Kier molecular flexibility index (Phi) is 7.31. The van der Waals surface area contributed by atoms with Crippen molar-refractivity contribution in [2.45, 2.75) is 36.5 Å². The first-order valence-corrected chi connectivity index (χ1v) is 12.1. The quantitative estimate of drug-likeness (QED) is 0.440. The molecule has 3 aromatic rings. The van der Waals surface area contributed by atoms with E-state index in [0.717, 1.165) is 11.1 Å². The van der Waals surface area contributed by atoms with Crippen LogP contribution in [0.3, 0.4) is 0 Å². The van der Waals surface area contributed by atoms with Crippen molar-refractivity contribution >= 4 is 44.8 Å². The first kappa shape index (κ1) is 22.8. The zero-order valence-electron chi connectivity index (χ0n) is 16.9. The van der Waals surface area contributed by atoms with Gasteiger partial charge in [-0.05, 0) is 30.7 Å². The van der Waals surface area contributed by atoms with E-state index < -0.39 is 22.0 Å². The average Bonchev–Trinajstić information content (AvgIpc) is 3.09. The first-order chi connectivity index (χ1) is 14.8. The Hall–Kier alpha value is -2.89. The molecule has 0 atom stereocenters. The van der Waals surface area contributed by atoms with Gasteiger partial charge in [0.05, 0.1) is 15.9 Å². The molecule has 0 aliphatic heterocycles. The Morgan fingerprint density at radius 1 is 1.16 bits per heavy atom. The van der Waals surface area contributed by atoms with E-state index in [-0.39, 0.29) is 11.3 Å². The van der Waals surface area contributed by atoms with Gasteiger partial charge in [0.2, 0.25) is 15.9 Å². The van der Waals surface area contributed by atoms with E-state index in [1.54, 1.807) is 6.07 Å². The highest BCUT2D eigenvalue weighted by molar-refractivity contribution is 7.99. The summed E-state index contributed by atoms with van der Waals surface area (Å²) in [5.74, 6) is 0.0112. The number of fused-ring (bicyclic) bond motifs is 1. The molecule has 0 aliphatic carbocycles. The molecule has 0 unspecified atom stereocenters. The van der Waals surface area contributed by atoms with E-state index in [4.69, 9.17) is 5.14 Å². The van der Waals surface area contributed by atoms with Crippen LogP contribution in [-0.2, 0) is 27.9 Å². The number of sulfonamides is 1. The molecule has 1 aromatic heterocycles. The molecule has 1 heterocycles. The SMILES string of the molecule is CCn1c(SCCC(=O)NC(=O)NCc2ccccc2)nc2cc(S(N)(=O)=O)ccc21. The van der Waals surface area contributed by atoms with Crippen LogP contribution >= 0.6 is 11.8 Å². The van der Waals surface area contributed by atoms with Gasteiger partial charge in [0.25, 0.3) is 0 Å². The predicted octanol–water partition coefficient (Wildman–Crippen LogP) is 2.21. The molecule has 0 bridgehead atoms. The van der Waals surface area contributed by atoms with Gasteiger partial charge in [-0.3, -0.25) is 10.1 Å². The van der Waals surface area contributed by atoms with Crippen LogP contribution in [0.5, 0.6) is 0 Å². The van der Waals surface area contributed by atoms with Crippen molar-refractivity contribution in [1.82, 2.24) is 20.2 Å². The third kappa shape index (κ3) is 6.06. The highest BCUT2D eigenvalue weighted by Gasteiger charge is 2.15. The number of aryl methyl sites for hydroxylation is 1. The van der Waals surface area contributed by atoms with Crippen molar-refractivity contribution < 1.29 is 18.0 Å². The second kappa shape index (κ2) is 9.94. The fraction of sp³-hybridized carbons (Fsp3) is 0.250. The van der Waals surface area contributed by atoms with Crippen molar-refractivity contribution in [3.8, 4) is 0 Å². The second-order valence-electron chi connectivity index (χ2n) is 6.65. The van der Waals surface area contributed by atoms with Crippen molar-refractivity contribution in [2.24, 2.45) is 5.14 Å². The molecule has 2 aromatic carbocycles. The maximum atomic E-state index is 12.0. The van der Waals surface area contributed by atoms with Gasteiger partial charge < -0.3 is 9.88 Å². The number of thioether (sulfide) groups is 1. The zero-order valence-corrected chi connectivity index (χ0v) is 18.5. The number of primary sulfonamides is 1. The van der Waals surface area contributed by atoms with Crippen LogP contribution in [0.1, 0.15) is 18.9 Å². The molecular weight excluding hydrogens is 438 g/mol. The highest BCUT2D eigenvalue weighted by Crippen LogP contribution is 2.26. The molecule has 0 fully saturated rings. The Morgan fingerprint density at radius 3 is 2.58 bits per heavy atom. The van der Waals surface area contributed by atoms with Crippen LogP contribution in [-0.4, -0.2) is 35.7 Å². The number of urea groups is 1. The van der Waals surface area contributed by atoms with E-state index in [1.807, 2.05) is 41.8 Å². The fourth-order valence-corrected chi connectivity index (χ4v) is 4.48. The number of aromatic nitrogens is 2. The predicted molar refractivity (Wildman–Crippen MR) is 119 cm³/mol. The maximum absolute atomic E-state index is 12.0. The number of carbonyl (C=O) groups excluding carboxylic acids is 2. The summed E-state index contributed by atoms with van der Waals surface area (Å²) in [6, 6.07) is 13.4. The van der Waals surface area contributed by atoms with E-state index >= 15 is 0 Å². The minimum Gasteiger partial charge on any atom is -0.334 e. The minimum absolute atomic E-state index is 0.00167. The van der Waals surface area contributed by atoms with Crippen LogP contribution in [0.15, 0.2) is 58.6 Å². The van der Waals surface area contributed by atoms with E-state index in [1.165, 1.54) is 23.9 Å². The van der Waals surface area contributed by atoms with Crippen LogP contribution in [0, 0.1) is 0 Å². The molecule has 0 saturated heterocycles. The van der Waals surface area contributed by atoms with Crippen LogP contribution in [0.25, 0.3) is 11.0 Å². The van der Waals surface area contributed by atoms with Crippen LogP contribution < -0.4 is 15.8 Å². The summed E-state index contributed by atoms with van der Waals surface area (Å²) < 4.78 is 25.0. The Bertz CT molecular complexity index is 1190. The van der Waals surface area contributed by atoms with Crippen LogP contribution in [0.4, 0.5) is 4.79 Å². The monoisotopic (exact) mass is 461 g/mol. The summed E-state index contributed by atoms with van der Waals surface area (Å²) >= 11 is 1.35. The molecule has 4 N–H and O–H groups in total. The third-order valence-electron chi connectivity index (χ3n) is 4.44. The summed E-state index contributed by atoms with van der Waals surface area (Å²) in [5.41, 5.74) is 2.23. The standard InChI is InChI=1S/C20H23N5O4S2/c1-2-25-17-9-8-15(31(21,28)29)12-16(17)23-20(25)30-11-10-18(26)24-19(27)22-13-14-6-4-3-5-7-14/h3-9,12H,2,10-11,13H2,1H3,(H2,21,28,29)(H2,22,24,26,27). The van der Waals surface area contributed by atoms with Gasteiger partial charge in [-0.1, -0.05) is 42.1 Å². The summed E-state index contributed by atoms with van der Waals surface area (Å²) in [6.07, 6.45) is 0.124. The number of benzene rings is 2. The topological polar surface area (TPSA) is 136 Å². The van der Waals surface area contributed by atoms with Gasteiger partial charge >= 0.3 is 6.03 Å². The minimum atomic E-state index is -3.81. The lowest BCUT2D eigenvalue weighted by Gasteiger charge is -2.07. The highest BCUT2D eigenvalue weighted by atomic mass is 32.2.